The number of benzene rings is 1. The molecule has 2 rings (SSSR count). The lowest BCUT2D eigenvalue weighted by atomic mass is 10.0. The van der Waals surface area contributed by atoms with Crippen LogP contribution in [0.15, 0.2) is 42.7 Å². The average Bonchev–Trinajstić information content (AvgIpc) is 2.39. The van der Waals surface area contributed by atoms with Gasteiger partial charge in [0.05, 0.1) is 5.56 Å². The number of alkyl halides is 3. The van der Waals surface area contributed by atoms with E-state index in [1.165, 1.54) is 24.5 Å². The van der Waals surface area contributed by atoms with Crippen molar-refractivity contribution < 1.29 is 27.1 Å². The number of carbonyl (C=O) groups is 1. The molecule has 1 heterocycles. The van der Waals surface area contributed by atoms with Crippen molar-refractivity contribution in [1.82, 2.24) is 4.98 Å². The first-order valence-corrected chi connectivity index (χ1v) is 5.37. The number of halogens is 4. The summed E-state index contributed by atoms with van der Waals surface area (Å²) in [7, 11) is 0. The number of hydrogen-bond donors (Lipinski definition) is 0. The summed E-state index contributed by atoms with van der Waals surface area (Å²) in [5.74, 6) is -2.41. The molecule has 104 valence electrons. The van der Waals surface area contributed by atoms with Crippen LogP contribution in [-0.4, -0.2) is 17.1 Å². The second-order valence-corrected chi connectivity index (χ2v) is 3.76. The van der Waals surface area contributed by atoms with Gasteiger partial charge in [0.1, 0.15) is 11.6 Å². The van der Waals surface area contributed by atoms with Gasteiger partial charge in [0.15, 0.2) is 5.78 Å². The normalized spacial score (nSPS) is 11.2. The fourth-order valence-electron chi connectivity index (χ4n) is 1.55. The fourth-order valence-corrected chi connectivity index (χ4v) is 1.55. The Labute approximate surface area is 110 Å². The quantitative estimate of drug-likeness (QED) is 0.641. The van der Waals surface area contributed by atoms with Gasteiger partial charge in [0, 0.05) is 18.0 Å². The molecule has 0 saturated carbocycles. The standard InChI is InChI=1S/C13H7F4NO2/c14-9-3-4-11(20-13(15,16)17)10(6-9)12(19)8-2-1-5-18-7-8/h1-7H. The van der Waals surface area contributed by atoms with Gasteiger partial charge in [-0.15, -0.1) is 13.2 Å². The summed E-state index contributed by atoms with van der Waals surface area (Å²) in [6.07, 6.45) is -2.40. The second-order valence-electron chi connectivity index (χ2n) is 3.76. The maximum atomic E-state index is 13.2. The fraction of sp³-hybridized carbons (Fsp3) is 0.0769. The highest BCUT2D eigenvalue weighted by molar-refractivity contribution is 6.10. The SMILES string of the molecule is O=C(c1cccnc1)c1cc(F)ccc1OC(F)(F)F. The van der Waals surface area contributed by atoms with Gasteiger partial charge in [-0.05, 0) is 30.3 Å². The van der Waals surface area contributed by atoms with Crippen molar-refractivity contribution in [2.24, 2.45) is 0 Å². The number of ether oxygens (including phenoxy) is 1. The monoisotopic (exact) mass is 285 g/mol. The number of nitrogens with zero attached hydrogens (tertiary/aromatic N) is 1. The van der Waals surface area contributed by atoms with E-state index in [0.29, 0.717) is 6.07 Å². The number of aromatic nitrogens is 1. The van der Waals surface area contributed by atoms with Gasteiger partial charge in [-0.25, -0.2) is 4.39 Å². The number of hydrogen-bond acceptors (Lipinski definition) is 3. The van der Waals surface area contributed by atoms with E-state index >= 15 is 0 Å². The largest absolute Gasteiger partial charge is 0.573 e. The van der Waals surface area contributed by atoms with Crippen molar-refractivity contribution in [3.8, 4) is 5.75 Å². The lowest BCUT2D eigenvalue weighted by Gasteiger charge is -2.12. The highest BCUT2D eigenvalue weighted by Crippen LogP contribution is 2.28. The lowest BCUT2D eigenvalue weighted by Crippen LogP contribution is -2.19. The van der Waals surface area contributed by atoms with Gasteiger partial charge < -0.3 is 4.74 Å². The van der Waals surface area contributed by atoms with Crippen molar-refractivity contribution >= 4 is 5.78 Å². The van der Waals surface area contributed by atoms with Crippen molar-refractivity contribution in [2.75, 3.05) is 0 Å². The molecular formula is C13H7F4NO2. The molecule has 0 bridgehead atoms. The van der Waals surface area contributed by atoms with Gasteiger partial charge in [0.25, 0.3) is 0 Å². The van der Waals surface area contributed by atoms with E-state index in [-0.39, 0.29) is 5.56 Å². The lowest BCUT2D eigenvalue weighted by molar-refractivity contribution is -0.274. The van der Waals surface area contributed by atoms with Crippen LogP contribution in [-0.2, 0) is 0 Å². The number of rotatable bonds is 3. The molecule has 0 spiro atoms. The molecule has 0 aliphatic carbocycles. The molecule has 0 radical (unpaired) electrons. The molecule has 0 aliphatic rings. The molecule has 2 aromatic rings. The van der Waals surface area contributed by atoms with Gasteiger partial charge >= 0.3 is 6.36 Å². The van der Waals surface area contributed by atoms with E-state index in [4.69, 9.17) is 0 Å². The smallest absolute Gasteiger partial charge is 0.405 e. The second kappa shape index (κ2) is 5.28. The van der Waals surface area contributed by atoms with E-state index in [1.807, 2.05) is 0 Å². The first-order chi connectivity index (χ1) is 9.37. The van der Waals surface area contributed by atoms with Crippen molar-refractivity contribution in [3.05, 3.63) is 59.7 Å². The minimum atomic E-state index is -4.97. The Kier molecular flexibility index (Phi) is 3.69. The molecule has 20 heavy (non-hydrogen) atoms. The first-order valence-electron chi connectivity index (χ1n) is 5.37. The number of ketones is 1. The predicted octanol–water partition coefficient (Wildman–Crippen LogP) is 3.35. The van der Waals surface area contributed by atoms with Gasteiger partial charge in [-0.2, -0.15) is 0 Å². The summed E-state index contributed by atoms with van der Waals surface area (Å²) >= 11 is 0. The van der Waals surface area contributed by atoms with E-state index < -0.39 is 29.3 Å². The average molecular weight is 285 g/mol. The molecule has 7 heteroatoms. The maximum absolute atomic E-state index is 13.2. The number of pyridine rings is 1. The highest BCUT2D eigenvalue weighted by atomic mass is 19.4. The molecule has 0 fully saturated rings. The van der Waals surface area contributed by atoms with Crippen molar-refractivity contribution in [2.45, 2.75) is 6.36 Å². The minimum absolute atomic E-state index is 0.0325. The van der Waals surface area contributed by atoms with E-state index in [9.17, 15) is 22.4 Å². The zero-order valence-corrected chi connectivity index (χ0v) is 9.82. The predicted molar refractivity (Wildman–Crippen MR) is 60.8 cm³/mol. The van der Waals surface area contributed by atoms with Crippen LogP contribution in [0.1, 0.15) is 15.9 Å². The molecule has 0 aliphatic heterocycles. The molecule has 0 saturated heterocycles. The molecule has 3 nitrogen and oxygen atoms in total. The topological polar surface area (TPSA) is 39.2 Å². The molecule has 0 atom stereocenters. The van der Waals surface area contributed by atoms with E-state index in [2.05, 4.69) is 9.72 Å². The van der Waals surface area contributed by atoms with Gasteiger partial charge in [-0.3, -0.25) is 9.78 Å². The molecule has 0 amide bonds. The molecular weight excluding hydrogens is 278 g/mol. The zero-order valence-electron chi connectivity index (χ0n) is 9.82. The summed E-state index contributed by atoms with van der Waals surface area (Å²) in [6.45, 7) is 0. The van der Waals surface area contributed by atoms with Crippen LogP contribution in [0.2, 0.25) is 0 Å². The summed E-state index contributed by atoms with van der Waals surface area (Å²) in [5, 5.41) is 0. The Morgan fingerprint density at radius 2 is 1.95 bits per heavy atom. The summed E-state index contributed by atoms with van der Waals surface area (Å²) in [6, 6.07) is 5.03. The third-order valence-electron chi connectivity index (χ3n) is 2.34. The van der Waals surface area contributed by atoms with Crippen molar-refractivity contribution in [1.29, 1.82) is 0 Å². The van der Waals surface area contributed by atoms with E-state index in [0.717, 1.165) is 12.1 Å². The maximum Gasteiger partial charge on any atom is 0.573 e. The van der Waals surface area contributed by atoms with Crippen LogP contribution in [0.25, 0.3) is 0 Å². The minimum Gasteiger partial charge on any atom is -0.405 e. The van der Waals surface area contributed by atoms with Crippen LogP contribution >= 0.6 is 0 Å². The van der Waals surface area contributed by atoms with Crippen LogP contribution in [0.4, 0.5) is 17.6 Å². The Balaban J connectivity index is 2.44. The summed E-state index contributed by atoms with van der Waals surface area (Å²) < 4.78 is 53.6. The summed E-state index contributed by atoms with van der Waals surface area (Å²) in [5.41, 5.74) is -0.486. The van der Waals surface area contributed by atoms with Gasteiger partial charge in [-0.1, -0.05) is 0 Å². The number of carbonyl (C=O) groups excluding carboxylic acids is 1. The Morgan fingerprint density at radius 3 is 2.55 bits per heavy atom. The molecule has 1 aromatic carbocycles. The summed E-state index contributed by atoms with van der Waals surface area (Å²) in [4.78, 5) is 15.7. The van der Waals surface area contributed by atoms with Crippen LogP contribution < -0.4 is 4.74 Å². The highest BCUT2D eigenvalue weighted by Gasteiger charge is 2.33. The first kappa shape index (κ1) is 14.0. The Bertz CT molecular complexity index is 626. The van der Waals surface area contributed by atoms with Gasteiger partial charge in [0.2, 0.25) is 0 Å². The van der Waals surface area contributed by atoms with Crippen molar-refractivity contribution in [3.63, 3.8) is 0 Å². The molecule has 0 N–H and O–H groups in total. The third kappa shape index (κ3) is 3.31. The Hall–Kier alpha value is -2.44. The molecule has 1 aromatic heterocycles. The van der Waals surface area contributed by atoms with E-state index in [1.54, 1.807) is 0 Å². The third-order valence-corrected chi connectivity index (χ3v) is 2.34. The molecule has 0 unspecified atom stereocenters. The van der Waals surface area contributed by atoms with Crippen LogP contribution in [0.3, 0.4) is 0 Å². The van der Waals surface area contributed by atoms with Crippen LogP contribution in [0, 0.1) is 5.82 Å². The Morgan fingerprint density at radius 1 is 1.20 bits per heavy atom. The zero-order chi connectivity index (χ0) is 14.8. The van der Waals surface area contributed by atoms with Crippen LogP contribution in [0.5, 0.6) is 5.75 Å².